The molecular weight excluding hydrogens is 490 g/mol. The molecule has 0 saturated heterocycles. The molecule has 34 heavy (non-hydrogen) atoms. The highest BCUT2D eigenvalue weighted by atomic mass is 35.5. The number of halogens is 1. The van der Waals surface area contributed by atoms with Crippen LogP contribution >= 0.6 is 23.4 Å². The molecule has 0 spiro atoms. The highest BCUT2D eigenvalue weighted by Crippen LogP contribution is 2.34. The Morgan fingerprint density at radius 1 is 1.15 bits per heavy atom. The van der Waals surface area contributed by atoms with E-state index in [9.17, 15) is 13.2 Å². The third-order valence-corrected chi connectivity index (χ3v) is 8.02. The Morgan fingerprint density at radius 3 is 2.53 bits per heavy atom. The average molecular weight is 522 g/mol. The fraction of sp³-hybridized carbons (Fsp3) is 0.440. The van der Waals surface area contributed by atoms with E-state index in [0.29, 0.717) is 18.0 Å². The molecule has 0 bridgehead atoms. The lowest BCUT2D eigenvalue weighted by atomic mass is 10.2. The lowest BCUT2D eigenvalue weighted by Gasteiger charge is -2.18. The molecule has 1 amide bonds. The van der Waals surface area contributed by atoms with Gasteiger partial charge >= 0.3 is 0 Å². The van der Waals surface area contributed by atoms with Crippen molar-refractivity contribution in [3.8, 4) is 0 Å². The van der Waals surface area contributed by atoms with Gasteiger partial charge in [-0.05, 0) is 49.2 Å². The minimum atomic E-state index is -3.67. The van der Waals surface area contributed by atoms with Gasteiger partial charge in [0.1, 0.15) is 5.82 Å². The number of benzene rings is 2. The van der Waals surface area contributed by atoms with Gasteiger partial charge in [-0.2, -0.15) is 0 Å². The molecule has 0 aliphatic carbocycles. The first-order valence-electron chi connectivity index (χ1n) is 11.4. The molecule has 0 aliphatic heterocycles. The van der Waals surface area contributed by atoms with Gasteiger partial charge < -0.3 is 4.57 Å². The summed E-state index contributed by atoms with van der Waals surface area (Å²) in [5, 5.41) is 0.669. The van der Waals surface area contributed by atoms with Crippen LogP contribution in [-0.2, 0) is 16.6 Å². The predicted octanol–water partition coefficient (Wildman–Crippen LogP) is 6.19. The second kappa shape index (κ2) is 10.7. The molecule has 0 radical (unpaired) electrons. The number of fused-ring (bicyclic) bond motifs is 1. The molecular formula is C25H32ClN3O3S2. The van der Waals surface area contributed by atoms with Gasteiger partial charge in [-0.25, -0.2) is 18.1 Å². The van der Waals surface area contributed by atoms with E-state index in [1.165, 1.54) is 0 Å². The maximum Gasteiger partial charge on any atom is 0.264 e. The maximum absolute atomic E-state index is 12.7. The number of rotatable bonds is 9. The number of amides is 1. The summed E-state index contributed by atoms with van der Waals surface area (Å²) in [4.78, 5) is 18.4. The SMILES string of the molecule is CCCCCS(=O)(=O)NC(=O)c1ccc2nc(C)n(Cc3ccc(SC(C)(C)C)cc3Cl)c2c1. The average Bonchev–Trinajstić information content (AvgIpc) is 3.03. The first kappa shape index (κ1) is 26.6. The van der Waals surface area contributed by atoms with Crippen molar-refractivity contribution in [2.24, 2.45) is 0 Å². The summed E-state index contributed by atoms with van der Waals surface area (Å²) in [7, 11) is -3.67. The molecule has 9 heteroatoms. The molecule has 0 aliphatic rings. The molecule has 2 aromatic carbocycles. The lowest BCUT2D eigenvalue weighted by Crippen LogP contribution is -2.32. The van der Waals surface area contributed by atoms with Crippen molar-refractivity contribution in [2.75, 3.05) is 5.75 Å². The second-order valence-electron chi connectivity index (χ2n) is 9.37. The third-order valence-electron chi connectivity index (χ3n) is 5.24. The molecule has 3 rings (SSSR count). The molecule has 1 heterocycles. The van der Waals surface area contributed by atoms with E-state index < -0.39 is 15.9 Å². The van der Waals surface area contributed by atoms with E-state index in [-0.39, 0.29) is 16.1 Å². The van der Waals surface area contributed by atoms with Crippen molar-refractivity contribution < 1.29 is 13.2 Å². The largest absolute Gasteiger partial charge is 0.324 e. The van der Waals surface area contributed by atoms with Gasteiger partial charge in [0.25, 0.3) is 5.91 Å². The van der Waals surface area contributed by atoms with E-state index in [0.717, 1.165) is 40.2 Å². The molecule has 184 valence electrons. The molecule has 3 aromatic rings. The summed E-state index contributed by atoms with van der Waals surface area (Å²) in [6, 6.07) is 11.1. The number of aryl methyl sites for hydroxylation is 1. The zero-order valence-electron chi connectivity index (χ0n) is 20.3. The van der Waals surface area contributed by atoms with Gasteiger partial charge in [-0.1, -0.05) is 58.2 Å². The molecule has 0 saturated carbocycles. The van der Waals surface area contributed by atoms with E-state index in [2.05, 4.69) is 36.5 Å². The fourth-order valence-corrected chi connectivity index (χ4v) is 6.03. The van der Waals surface area contributed by atoms with Gasteiger partial charge in [0.15, 0.2) is 0 Å². The summed E-state index contributed by atoms with van der Waals surface area (Å²) in [5.41, 5.74) is 2.69. The van der Waals surface area contributed by atoms with Crippen LogP contribution in [0.15, 0.2) is 41.3 Å². The Bertz CT molecular complexity index is 1290. The number of carbonyl (C=O) groups excluding carboxylic acids is 1. The van der Waals surface area contributed by atoms with Crippen molar-refractivity contribution in [1.82, 2.24) is 14.3 Å². The smallest absolute Gasteiger partial charge is 0.264 e. The standard InChI is InChI=1S/C25H32ClN3O3S2/c1-6-7-8-13-34(31,32)28-24(30)18-10-12-22-23(14-18)29(17(2)27-22)16-19-9-11-20(15-21(19)26)33-25(3,4)5/h9-12,14-15H,6-8,13,16H2,1-5H3,(H,28,30). The fourth-order valence-electron chi connectivity index (χ4n) is 3.62. The number of imidazole rings is 1. The topological polar surface area (TPSA) is 81.1 Å². The number of thioether (sulfide) groups is 1. The van der Waals surface area contributed by atoms with Crippen LogP contribution < -0.4 is 4.72 Å². The van der Waals surface area contributed by atoms with Crippen LogP contribution in [0.5, 0.6) is 0 Å². The highest BCUT2D eigenvalue weighted by Gasteiger charge is 2.18. The molecule has 1 N–H and O–H groups in total. The Morgan fingerprint density at radius 2 is 1.88 bits per heavy atom. The summed E-state index contributed by atoms with van der Waals surface area (Å²) >= 11 is 8.36. The monoisotopic (exact) mass is 521 g/mol. The van der Waals surface area contributed by atoms with Crippen LogP contribution in [0.2, 0.25) is 5.02 Å². The summed E-state index contributed by atoms with van der Waals surface area (Å²) in [6.07, 6.45) is 2.24. The molecule has 0 unspecified atom stereocenters. The number of unbranched alkanes of at least 4 members (excludes halogenated alkanes) is 2. The summed E-state index contributed by atoms with van der Waals surface area (Å²) < 4.78 is 28.8. The Kier molecular flexibility index (Phi) is 8.37. The highest BCUT2D eigenvalue weighted by molar-refractivity contribution is 8.00. The molecule has 0 fully saturated rings. The van der Waals surface area contributed by atoms with Gasteiger partial charge in [0.2, 0.25) is 10.0 Å². The summed E-state index contributed by atoms with van der Waals surface area (Å²) in [5.74, 6) is 0.0859. The maximum atomic E-state index is 12.7. The van der Waals surface area contributed by atoms with Crippen LogP contribution in [0.3, 0.4) is 0 Å². The number of nitrogens with zero attached hydrogens (tertiary/aromatic N) is 2. The predicted molar refractivity (Wildman–Crippen MR) is 141 cm³/mol. The zero-order valence-corrected chi connectivity index (χ0v) is 22.7. The number of nitrogens with one attached hydrogen (secondary N) is 1. The lowest BCUT2D eigenvalue weighted by molar-refractivity contribution is 0.0981. The van der Waals surface area contributed by atoms with Crippen LogP contribution in [0, 0.1) is 6.92 Å². The van der Waals surface area contributed by atoms with Crippen LogP contribution in [0.4, 0.5) is 0 Å². The number of hydrogen-bond acceptors (Lipinski definition) is 5. The number of hydrogen-bond donors (Lipinski definition) is 1. The van der Waals surface area contributed by atoms with Crippen LogP contribution in [-0.4, -0.2) is 34.4 Å². The minimum absolute atomic E-state index is 0.0616. The van der Waals surface area contributed by atoms with Crippen LogP contribution in [0.1, 0.15) is 68.7 Å². The number of aromatic nitrogens is 2. The van der Waals surface area contributed by atoms with Gasteiger partial charge in [-0.3, -0.25) is 4.79 Å². The van der Waals surface area contributed by atoms with E-state index in [4.69, 9.17) is 11.6 Å². The Balaban J connectivity index is 1.85. The van der Waals surface area contributed by atoms with E-state index in [1.54, 1.807) is 30.0 Å². The van der Waals surface area contributed by atoms with Gasteiger partial charge in [0, 0.05) is 20.2 Å². The normalized spacial score (nSPS) is 12.3. The van der Waals surface area contributed by atoms with Gasteiger partial charge in [-0.15, -0.1) is 11.8 Å². The zero-order chi connectivity index (χ0) is 25.1. The summed E-state index contributed by atoms with van der Waals surface area (Å²) in [6.45, 7) is 10.9. The molecule has 6 nitrogen and oxygen atoms in total. The molecule has 0 atom stereocenters. The van der Waals surface area contributed by atoms with Crippen molar-refractivity contribution >= 4 is 50.3 Å². The Hall–Kier alpha value is -2.03. The van der Waals surface area contributed by atoms with E-state index in [1.807, 2.05) is 30.5 Å². The minimum Gasteiger partial charge on any atom is -0.324 e. The van der Waals surface area contributed by atoms with Crippen molar-refractivity contribution in [3.05, 3.63) is 58.4 Å². The van der Waals surface area contributed by atoms with E-state index >= 15 is 0 Å². The number of carbonyl (C=O) groups is 1. The van der Waals surface area contributed by atoms with Crippen molar-refractivity contribution in [2.45, 2.75) is 70.1 Å². The second-order valence-corrected chi connectivity index (χ2v) is 13.5. The van der Waals surface area contributed by atoms with Crippen molar-refractivity contribution in [1.29, 1.82) is 0 Å². The van der Waals surface area contributed by atoms with Gasteiger partial charge in [0.05, 0.1) is 23.3 Å². The first-order chi connectivity index (χ1) is 15.9. The Labute approximate surface area is 211 Å². The number of sulfonamides is 1. The van der Waals surface area contributed by atoms with Crippen LogP contribution in [0.25, 0.3) is 11.0 Å². The molecule has 1 aromatic heterocycles. The quantitative estimate of drug-likeness (QED) is 0.268. The third kappa shape index (κ3) is 6.99. The first-order valence-corrected chi connectivity index (χ1v) is 14.2. The van der Waals surface area contributed by atoms with Crippen molar-refractivity contribution in [3.63, 3.8) is 0 Å².